The number of rotatable bonds is 6. The molecule has 0 aliphatic carbocycles. The van der Waals surface area contributed by atoms with Crippen LogP contribution in [0.5, 0.6) is 11.5 Å². The van der Waals surface area contributed by atoms with E-state index in [0.717, 1.165) is 35.2 Å². The fourth-order valence-corrected chi connectivity index (χ4v) is 3.53. The molecule has 28 heavy (non-hydrogen) atoms. The summed E-state index contributed by atoms with van der Waals surface area (Å²) in [6, 6.07) is 6.18. The Morgan fingerprint density at radius 2 is 1.89 bits per heavy atom. The van der Waals surface area contributed by atoms with Crippen molar-refractivity contribution in [3.8, 4) is 11.5 Å². The van der Waals surface area contributed by atoms with Crippen LogP contribution in [-0.4, -0.2) is 16.7 Å². The SMILES string of the molecule is Cc1cc(COc2c(F)cc(CC(C)C(=O)O)cc2F)c2c(c1)CC(C)(C)O2. The number of carbonyl (C=O) groups is 1. The number of halogens is 2. The van der Waals surface area contributed by atoms with Gasteiger partial charge < -0.3 is 14.6 Å². The van der Waals surface area contributed by atoms with E-state index in [9.17, 15) is 13.6 Å². The molecule has 0 amide bonds. The number of ether oxygens (including phenoxy) is 2. The molecule has 0 saturated carbocycles. The molecule has 1 aliphatic heterocycles. The summed E-state index contributed by atoms with van der Waals surface area (Å²) in [6.07, 6.45) is 0.800. The highest BCUT2D eigenvalue weighted by Gasteiger charge is 2.32. The van der Waals surface area contributed by atoms with Crippen LogP contribution in [0.3, 0.4) is 0 Å². The summed E-state index contributed by atoms with van der Waals surface area (Å²) in [5.41, 5.74) is 2.77. The molecule has 1 aliphatic rings. The largest absolute Gasteiger partial charge is 0.487 e. The van der Waals surface area contributed by atoms with Gasteiger partial charge in [0.25, 0.3) is 0 Å². The number of carboxylic acid groups (broad SMARTS) is 1. The Bertz CT molecular complexity index is 898. The number of hydrogen-bond donors (Lipinski definition) is 1. The van der Waals surface area contributed by atoms with Gasteiger partial charge in [-0.1, -0.05) is 18.6 Å². The van der Waals surface area contributed by atoms with E-state index in [0.29, 0.717) is 5.75 Å². The first-order valence-electron chi connectivity index (χ1n) is 9.20. The third-order valence-corrected chi connectivity index (χ3v) is 4.78. The van der Waals surface area contributed by atoms with Crippen LogP contribution < -0.4 is 9.47 Å². The first kappa shape index (κ1) is 20.1. The van der Waals surface area contributed by atoms with Crippen molar-refractivity contribution in [2.45, 2.75) is 52.7 Å². The summed E-state index contributed by atoms with van der Waals surface area (Å²) in [6.45, 7) is 7.39. The predicted molar refractivity (Wildman–Crippen MR) is 101 cm³/mol. The van der Waals surface area contributed by atoms with Crippen LogP contribution >= 0.6 is 0 Å². The maximum Gasteiger partial charge on any atom is 0.306 e. The van der Waals surface area contributed by atoms with E-state index in [1.807, 2.05) is 32.9 Å². The van der Waals surface area contributed by atoms with E-state index < -0.39 is 29.3 Å². The van der Waals surface area contributed by atoms with Crippen molar-refractivity contribution < 1.29 is 28.2 Å². The quantitative estimate of drug-likeness (QED) is 0.768. The molecule has 1 N–H and O–H groups in total. The second kappa shape index (κ2) is 7.41. The van der Waals surface area contributed by atoms with Crippen LogP contribution in [0.25, 0.3) is 0 Å². The molecule has 0 spiro atoms. The number of fused-ring (bicyclic) bond motifs is 1. The Balaban J connectivity index is 1.80. The number of hydrogen-bond acceptors (Lipinski definition) is 3. The van der Waals surface area contributed by atoms with Crippen LogP contribution in [0.2, 0.25) is 0 Å². The highest BCUT2D eigenvalue weighted by molar-refractivity contribution is 5.69. The summed E-state index contributed by atoms with van der Waals surface area (Å²) < 4.78 is 40.3. The van der Waals surface area contributed by atoms with Crippen molar-refractivity contribution >= 4 is 5.97 Å². The molecule has 0 radical (unpaired) electrons. The van der Waals surface area contributed by atoms with Gasteiger partial charge in [-0.15, -0.1) is 0 Å². The molecule has 6 heteroatoms. The minimum atomic E-state index is -1.02. The van der Waals surface area contributed by atoms with Gasteiger partial charge in [-0.2, -0.15) is 0 Å². The summed E-state index contributed by atoms with van der Waals surface area (Å²) >= 11 is 0. The van der Waals surface area contributed by atoms with Crippen LogP contribution in [0.15, 0.2) is 24.3 Å². The fourth-order valence-electron chi connectivity index (χ4n) is 3.53. The summed E-state index contributed by atoms with van der Waals surface area (Å²) in [5, 5.41) is 8.96. The lowest BCUT2D eigenvalue weighted by Crippen LogP contribution is -2.25. The van der Waals surface area contributed by atoms with Crippen molar-refractivity contribution in [2.75, 3.05) is 0 Å². The molecule has 0 saturated heterocycles. The third-order valence-electron chi connectivity index (χ3n) is 4.78. The molecule has 3 rings (SSSR count). The molecule has 0 bridgehead atoms. The average Bonchev–Trinajstić information content (AvgIpc) is 2.87. The van der Waals surface area contributed by atoms with E-state index in [-0.39, 0.29) is 24.2 Å². The lowest BCUT2D eigenvalue weighted by Gasteiger charge is -2.18. The monoisotopic (exact) mass is 390 g/mol. The zero-order valence-corrected chi connectivity index (χ0v) is 16.4. The van der Waals surface area contributed by atoms with E-state index in [1.54, 1.807) is 0 Å². The molecule has 150 valence electrons. The molecule has 2 aromatic rings. The van der Waals surface area contributed by atoms with Crippen molar-refractivity contribution in [1.29, 1.82) is 0 Å². The van der Waals surface area contributed by atoms with Crippen molar-refractivity contribution in [1.82, 2.24) is 0 Å². The molecular formula is C22H24F2O4. The highest BCUT2D eigenvalue weighted by Crippen LogP contribution is 2.39. The summed E-state index contributed by atoms with van der Waals surface area (Å²) in [5.74, 6) is -3.21. The molecule has 1 atom stereocenters. The van der Waals surface area contributed by atoms with Gasteiger partial charge in [0.1, 0.15) is 18.0 Å². The second-order valence-corrected chi connectivity index (χ2v) is 8.07. The van der Waals surface area contributed by atoms with Crippen LogP contribution in [0.1, 0.15) is 43.0 Å². The van der Waals surface area contributed by atoms with Gasteiger partial charge in [-0.05, 0) is 56.5 Å². The molecule has 4 nitrogen and oxygen atoms in total. The Morgan fingerprint density at radius 3 is 2.50 bits per heavy atom. The van der Waals surface area contributed by atoms with Gasteiger partial charge >= 0.3 is 5.97 Å². The molecule has 1 heterocycles. The second-order valence-electron chi connectivity index (χ2n) is 8.07. The smallest absolute Gasteiger partial charge is 0.306 e. The fraction of sp³-hybridized carbons (Fsp3) is 0.409. The Morgan fingerprint density at radius 1 is 1.25 bits per heavy atom. The zero-order valence-electron chi connectivity index (χ0n) is 16.4. The Labute approximate surface area is 163 Å². The Kier molecular flexibility index (Phi) is 5.33. The number of aryl methyl sites for hydroxylation is 1. The third kappa shape index (κ3) is 4.26. The standard InChI is InChI=1S/C22H24F2O4/c1-12-5-15-10-22(3,4)28-19(15)16(6-12)11-27-20-17(23)8-14(9-18(20)24)7-13(2)21(25)26/h5-6,8-9,13H,7,10-11H2,1-4H3,(H,25,26). The van der Waals surface area contributed by atoms with Crippen molar-refractivity contribution in [2.24, 2.45) is 5.92 Å². The maximum absolute atomic E-state index is 14.4. The predicted octanol–water partition coefficient (Wildman–Crippen LogP) is 4.83. The molecule has 1 unspecified atom stereocenters. The van der Waals surface area contributed by atoms with Crippen LogP contribution in [-0.2, 0) is 24.2 Å². The number of benzene rings is 2. The van der Waals surface area contributed by atoms with Gasteiger partial charge in [-0.25, -0.2) is 8.78 Å². The van der Waals surface area contributed by atoms with E-state index >= 15 is 0 Å². The molecule has 0 fully saturated rings. The first-order chi connectivity index (χ1) is 13.1. The van der Waals surface area contributed by atoms with E-state index in [1.165, 1.54) is 6.92 Å². The first-order valence-corrected chi connectivity index (χ1v) is 9.20. The molecule has 0 aromatic heterocycles. The van der Waals surface area contributed by atoms with E-state index in [2.05, 4.69) is 0 Å². The number of carboxylic acids is 1. The zero-order chi connectivity index (χ0) is 20.6. The average molecular weight is 390 g/mol. The van der Waals surface area contributed by atoms with Gasteiger partial charge in [0.15, 0.2) is 17.4 Å². The van der Waals surface area contributed by atoms with Crippen molar-refractivity contribution in [3.63, 3.8) is 0 Å². The Hall–Kier alpha value is -2.63. The molecular weight excluding hydrogens is 366 g/mol. The minimum absolute atomic E-state index is 0.0290. The summed E-state index contributed by atoms with van der Waals surface area (Å²) in [4.78, 5) is 10.9. The van der Waals surface area contributed by atoms with Gasteiger partial charge in [0.05, 0.1) is 5.92 Å². The maximum atomic E-state index is 14.4. The normalized spacial score (nSPS) is 15.6. The van der Waals surface area contributed by atoms with Crippen molar-refractivity contribution in [3.05, 3.63) is 58.2 Å². The van der Waals surface area contributed by atoms with Gasteiger partial charge in [-0.3, -0.25) is 4.79 Å². The highest BCUT2D eigenvalue weighted by atomic mass is 19.1. The topological polar surface area (TPSA) is 55.8 Å². The van der Waals surface area contributed by atoms with Crippen LogP contribution in [0, 0.1) is 24.5 Å². The van der Waals surface area contributed by atoms with Gasteiger partial charge in [0, 0.05) is 12.0 Å². The number of aliphatic carboxylic acids is 1. The van der Waals surface area contributed by atoms with Gasteiger partial charge in [0.2, 0.25) is 0 Å². The molecule has 2 aromatic carbocycles. The summed E-state index contributed by atoms with van der Waals surface area (Å²) in [7, 11) is 0. The van der Waals surface area contributed by atoms with Crippen LogP contribution in [0.4, 0.5) is 8.78 Å². The van der Waals surface area contributed by atoms with E-state index in [4.69, 9.17) is 14.6 Å². The lowest BCUT2D eigenvalue weighted by molar-refractivity contribution is -0.141. The minimum Gasteiger partial charge on any atom is -0.487 e. The lowest BCUT2D eigenvalue weighted by atomic mass is 9.98.